The van der Waals surface area contributed by atoms with Gasteiger partial charge < -0.3 is 5.21 Å². The van der Waals surface area contributed by atoms with Gasteiger partial charge in [0.05, 0.1) is 0 Å². The van der Waals surface area contributed by atoms with E-state index in [1.54, 1.807) is 6.92 Å². The first-order chi connectivity index (χ1) is 9.02. The van der Waals surface area contributed by atoms with E-state index >= 15 is 0 Å². The maximum Gasteiger partial charge on any atom is 0.217 e. The predicted octanol–water partition coefficient (Wildman–Crippen LogP) is 4.58. The van der Waals surface area contributed by atoms with Crippen molar-refractivity contribution < 1.29 is 9.66 Å². The molecule has 0 aliphatic carbocycles. The van der Waals surface area contributed by atoms with Crippen LogP contribution in [0.3, 0.4) is 0 Å². The molecule has 0 heterocycles. The molecule has 1 unspecified atom stereocenters. The molecule has 19 heavy (non-hydrogen) atoms. The lowest BCUT2D eigenvalue weighted by Gasteiger charge is -2.07. The molecule has 0 aromatic heterocycles. The third kappa shape index (κ3) is 8.51. The number of nitrogens with zero attached hydrogens (tertiary/aromatic N) is 2. The van der Waals surface area contributed by atoms with E-state index in [2.05, 4.69) is 19.0 Å². The summed E-state index contributed by atoms with van der Waals surface area (Å²) in [5.41, 5.74) is 0.704. The second-order valence-corrected chi connectivity index (χ2v) is 4.97. The number of hydrogen-bond donors (Lipinski definition) is 0. The van der Waals surface area contributed by atoms with Gasteiger partial charge in [0.15, 0.2) is 11.8 Å². The summed E-state index contributed by atoms with van der Waals surface area (Å²) in [6.45, 7) is 7.38. The normalized spacial score (nSPS) is 14.5. The largest absolute Gasteiger partial charge is 0.594 e. The molecule has 0 aliphatic rings. The molecule has 4 nitrogen and oxygen atoms in total. The van der Waals surface area contributed by atoms with Gasteiger partial charge in [-0.25, -0.2) is 0 Å². The number of carbonyl (C=O) groups excluding carboxylic acids is 1. The van der Waals surface area contributed by atoms with Gasteiger partial charge in [-0.1, -0.05) is 38.0 Å². The average molecular weight is 268 g/mol. The van der Waals surface area contributed by atoms with Crippen molar-refractivity contribution in [2.45, 2.75) is 78.7 Å². The van der Waals surface area contributed by atoms with Gasteiger partial charge >= 0.3 is 0 Å². The van der Waals surface area contributed by atoms with E-state index in [4.69, 9.17) is 0 Å². The average Bonchev–Trinajstić information content (AvgIpc) is 2.37. The number of rotatable bonds is 10. The number of hydroxylamine groups is 1. The van der Waals surface area contributed by atoms with Gasteiger partial charge in [0, 0.05) is 6.42 Å². The second kappa shape index (κ2) is 10.7. The molecule has 0 saturated carbocycles. The molecule has 0 saturated heterocycles. The van der Waals surface area contributed by atoms with Gasteiger partial charge in [0.2, 0.25) is 5.70 Å². The van der Waals surface area contributed by atoms with Gasteiger partial charge in [-0.05, 0) is 44.3 Å². The molecule has 0 radical (unpaired) electrons. The Morgan fingerprint density at radius 2 is 1.89 bits per heavy atom. The van der Waals surface area contributed by atoms with Crippen LogP contribution in [0.25, 0.3) is 0 Å². The molecule has 0 aromatic rings. The first kappa shape index (κ1) is 17.8. The van der Waals surface area contributed by atoms with Crippen LogP contribution in [0.5, 0.6) is 0 Å². The van der Waals surface area contributed by atoms with E-state index in [1.165, 1.54) is 6.92 Å². The van der Waals surface area contributed by atoms with Crippen LogP contribution in [0.1, 0.15) is 72.6 Å². The van der Waals surface area contributed by atoms with E-state index < -0.39 is 6.04 Å². The molecule has 4 heteroatoms. The molecule has 0 fully saturated rings. The van der Waals surface area contributed by atoms with E-state index in [9.17, 15) is 10.0 Å². The maximum atomic E-state index is 12.0. The van der Waals surface area contributed by atoms with Crippen molar-refractivity contribution in [2.24, 2.45) is 5.11 Å². The van der Waals surface area contributed by atoms with Crippen molar-refractivity contribution in [2.75, 3.05) is 0 Å². The molecule has 0 spiro atoms. The van der Waals surface area contributed by atoms with Crippen LogP contribution < -0.4 is 0 Å². The van der Waals surface area contributed by atoms with Gasteiger partial charge in [-0.15, -0.1) is 0 Å². The van der Waals surface area contributed by atoms with Crippen molar-refractivity contribution >= 4 is 5.78 Å². The molecule has 0 amide bonds. The third-order valence-corrected chi connectivity index (χ3v) is 3.09. The Labute approximate surface area is 117 Å². The number of unbranched alkanes of at least 4 members (excludes halogenated alkanes) is 4. The fourth-order valence-corrected chi connectivity index (χ4v) is 1.62. The SMILES string of the molecule is CCCC/C=C(/CCCCC)[N+]([O-])=NC(C)C(C)=O. The topological polar surface area (TPSA) is 55.5 Å². The summed E-state index contributed by atoms with van der Waals surface area (Å²) in [6, 6.07) is -0.557. The molecular weight excluding hydrogens is 240 g/mol. The fraction of sp³-hybridized carbons (Fsp3) is 0.800. The Morgan fingerprint density at radius 3 is 2.42 bits per heavy atom. The van der Waals surface area contributed by atoms with Crippen LogP contribution in [0.2, 0.25) is 0 Å². The summed E-state index contributed by atoms with van der Waals surface area (Å²) in [5, 5.41) is 15.9. The highest BCUT2D eigenvalue weighted by atomic mass is 16.5. The minimum absolute atomic E-state index is 0.0812. The smallest absolute Gasteiger partial charge is 0.217 e. The van der Waals surface area contributed by atoms with Crippen molar-refractivity contribution in [3.05, 3.63) is 17.0 Å². The van der Waals surface area contributed by atoms with E-state index in [0.29, 0.717) is 10.6 Å². The minimum atomic E-state index is -0.557. The number of hydrogen-bond acceptors (Lipinski definition) is 3. The summed E-state index contributed by atoms with van der Waals surface area (Å²) in [7, 11) is 0. The molecule has 0 bridgehead atoms. The van der Waals surface area contributed by atoms with Gasteiger partial charge in [-0.3, -0.25) is 4.79 Å². The maximum absolute atomic E-state index is 12.0. The van der Waals surface area contributed by atoms with Crippen molar-refractivity contribution in [3.63, 3.8) is 0 Å². The molecular formula is C15H28N2O2. The molecule has 0 N–H and O–H groups in total. The second-order valence-electron chi connectivity index (χ2n) is 4.97. The summed E-state index contributed by atoms with van der Waals surface area (Å²) in [4.78, 5) is 11.8. The monoisotopic (exact) mass is 268 g/mol. The Morgan fingerprint density at radius 1 is 1.26 bits per heavy atom. The molecule has 0 aliphatic heterocycles. The van der Waals surface area contributed by atoms with Crippen molar-refractivity contribution in [1.82, 2.24) is 0 Å². The fourth-order valence-electron chi connectivity index (χ4n) is 1.62. The van der Waals surface area contributed by atoms with Crippen LogP contribution in [0.4, 0.5) is 0 Å². The van der Waals surface area contributed by atoms with Crippen LogP contribution in [-0.4, -0.2) is 16.7 Å². The van der Waals surface area contributed by atoms with Crippen LogP contribution in [0.15, 0.2) is 16.9 Å². The lowest BCUT2D eigenvalue weighted by molar-refractivity contribution is -0.484. The summed E-state index contributed by atoms with van der Waals surface area (Å²) >= 11 is 0. The number of azo groups is 1. The van der Waals surface area contributed by atoms with E-state index in [1.807, 2.05) is 6.08 Å². The minimum Gasteiger partial charge on any atom is -0.594 e. The van der Waals surface area contributed by atoms with Crippen molar-refractivity contribution in [1.29, 1.82) is 0 Å². The van der Waals surface area contributed by atoms with Crippen LogP contribution in [0, 0.1) is 5.21 Å². The number of ketones is 1. The summed E-state index contributed by atoms with van der Waals surface area (Å²) in [6.07, 6.45) is 9.05. The third-order valence-electron chi connectivity index (χ3n) is 3.09. The Bertz CT molecular complexity index is 322. The highest BCUT2D eigenvalue weighted by Crippen LogP contribution is 2.13. The highest BCUT2D eigenvalue weighted by Gasteiger charge is 2.13. The Hall–Kier alpha value is -1.19. The Kier molecular flexibility index (Phi) is 10.0. The quantitative estimate of drug-likeness (QED) is 0.252. The molecule has 0 aromatic carbocycles. The van der Waals surface area contributed by atoms with Crippen LogP contribution >= 0.6 is 0 Å². The highest BCUT2D eigenvalue weighted by molar-refractivity contribution is 5.80. The predicted molar refractivity (Wildman–Crippen MR) is 77.9 cm³/mol. The van der Waals surface area contributed by atoms with Gasteiger partial charge in [0.1, 0.15) is 0 Å². The summed E-state index contributed by atoms with van der Waals surface area (Å²) in [5.74, 6) is -0.0812. The van der Waals surface area contributed by atoms with Gasteiger partial charge in [-0.2, -0.15) is 0 Å². The lowest BCUT2D eigenvalue weighted by Crippen LogP contribution is -2.14. The lowest BCUT2D eigenvalue weighted by atomic mass is 10.1. The molecule has 0 rings (SSSR count). The first-order valence-electron chi connectivity index (χ1n) is 7.40. The zero-order valence-corrected chi connectivity index (χ0v) is 12.8. The Balaban J connectivity index is 4.69. The summed E-state index contributed by atoms with van der Waals surface area (Å²) < 4.78 is 0. The molecule has 110 valence electrons. The zero-order chi connectivity index (χ0) is 14.7. The van der Waals surface area contributed by atoms with Gasteiger partial charge in [0.25, 0.3) is 0 Å². The van der Waals surface area contributed by atoms with E-state index in [0.717, 1.165) is 44.9 Å². The number of Topliss-reactive ketones (excluding diaryl/α,β-unsaturated/α-hetero) is 1. The van der Waals surface area contributed by atoms with Crippen LogP contribution in [-0.2, 0) is 4.79 Å². The number of carbonyl (C=O) groups is 1. The zero-order valence-electron chi connectivity index (χ0n) is 12.8. The van der Waals surface area contributed by atoms with E-state index in [-0.39, 0.29) is 5.78 Å². The standard InChI is InChI=1S/C15H28N2O2/c1-5-7-9-11-15(12-10-8-6-2)17(19)16-13(3)14(4)18/h11,13H,5-10,12H2,1-4H3/b15-11-,17-16?. The number of allylic oxidation sites excluding steroid dienone is 2. The first-order valence-corrected chi connectivity index (χ1v) is 7.40. The van der Waals surface area contributed by atoms with Crippen molar-refractivity contribution in [3.8, 4) is 0 Å². The molecule has 1 atom stereocenters.